The Labute approximate surface area is 48.4 Å². The molecule has 0 rings (SSSR count). The average Bonchev–Trinajstić information content (AvgIpc) is 1.61. The van der Waals surface area contributed by atoms with Gasteiger partial charge < -0.3 is 17.3 Å². The largest absolute Gasteiger partial charge is 2.00 e. The Bertz CT molecular complexity index is 59.1. The molecule has 0 fully saturated rings. The molecule has 0 spiro atoms. The first kappa shape index (κ1) is 9.77. The van der Waals surface area contributed by atoms with E-state index in [1.807, 2.05) is 0 Å². The summed E-state index contributed by atoms with van der Waals surface area (Å²) in [5.74, 6) is 0. The quantitative estimate of drug-likeness (QED) is 0.267. The zero-order chi connectivity index (χ0) is 4.83. The van der Waals surface area contributed by atoms with Crippen LogP contribution in [0.25, 0.3) is 0 Å². The van der Waals surface area contributed by atoms with Crippen LogP contribution in [0, 0.1) is 6.08 Å². The van der Waals surface area contributed by atoms with Crippen LogP contribution in [-0.4, -0.2) is 22.9 Å². The Balaban J connectivity index is 0. The summed E-state index contributed by atoms with van der Waals surface area (Å²) in [4.78, 5) is 3.67. The summed E-state index contributed by atoms with van der Waals surface area (Å²) >= 11 is 0. The molecule has 0 N–H and O–H groups in total. The molecular weight excluding hydrogens is 83.1 g/mol. The first-order valence-corrected chi connectivity index (χ1v) is 1.75. The van der Waals surface area contributed by atoms with Gasteiger partial charge in [-0.1, -0.05) is 0 Å². The van der Waals surface area contributed by atoms with Gasteiger partial charge in [0.25, 0.3) is 0 Å². The van der Waals surface area contributed by atoms with E-state index in [1.165, 1.54) is 0 Å². The molecule has 0 aromatic carbocycles. The van der Waals surface area contributed by atoms with E-state index < -0.39 is 0 Å². The predicted octanol–water partition coefficient (Wildman–Crippen LogP) is 0.562. The van der Waals surface area contributed by atoms with Crippen molar-refractivity contribution in [3.8, 4) is 0 Å². The van der Waals surface area contributed by atoms with E-state index in [-0.39, 0.29) is 10.1 Å². The second-order valence-corrected chi connectivity index (χ2v) is 0.790. The van der Waals surface area contributed by atoms with Crippen LogP contribution in [0.5, 0.6) is 0 Å². The van der Waals surface area contributed by atoms with Crippen molar-refractivity contribution in [2.75, 3.05) is 6.54 Å². The van der Waals surface area contributed by atoms with Crippen molar-refractivity contribution in [1.82, 2.24) is 0 Å². The van der Waals surface area contributed by atoms with Gasteiger partial charge >= 0.3 is 10.1 Å². The van der Waals surface area contributed by atoms with Crippen LogP contribution in [-0.2, 0) is 0 Å². The fourth-order valence-corrected chi connectivity index (χ4v) is 0.135. The molecule has 1 nitrogen and oxygen atoms in total. The van der Waals surface area contributed by atoms with Gasteiger partial charge in [0.1, 0.15) is 0 Å². The second-order valence-electron chi connectivity index (χ2n) is 0.790. The Morgan fingerprint density at radius 1 is 1.71 bits per heavy atom. The summed E-state index contributed by atoms with van der Waals surface area (Å²) in [6.07, 6.45) is 5.18. The van der Waals surface area contributed by atoms with E-state index in [0.29, 0.717) is 6.54 Å². The van der Waals surface area contributed by atoms with Gasteiger partial charge in [0.2, 0.25) is 0 Å². The maximum absolute atomic E-state index is 3.67. The third-order valence-electron chi connectivity index (χ3n) is 0.349. The van der Waals surface area contributed by atoms with Crippen molar-refractivity contribution in [2.24, 2.45) is 4.99 Å². The predicted molar refractivity (Wildman–Crippen MR) is 32.6 cm³/mol. The fraction of sp³-hybridized carbons (Fsp3) is 0.400. The fourth-order valence-electron chi connectivity index (χ4n) is 0.135. The monoisotopic (exact) mass is 90.1 g/mol. The number of aliphatic imine (C=N–C) groups is 1. The molecule has 0 unspecified atom stereocenters. The molecule has 0 bridgehead atoms. The molecular formula is C5H7BeN. The number of hydrogen-bond donors (Lipinski definition) is 0. The van der Waals surface area contributed by atoms with E-state index in [1.54, 1.807) is 6.92 Å². The van der Waals surface area contributed by atoms with Gasteiger partial charge in [-0.05, 0) is 0 Å². The van der Waals surface area contributed by atoms with E-state index in [0.717, 1.165) is 0 Å². The van der Waals surface area contributed by atoms with Crippen LogP contribution < -0.4 is 0 Å². The molecule has 0 saturated heterocycles. The van der Waals surface area contributed by atoms with Crippen molar-refractivity contribution in [3.63, 3.8) is 0 Å². The molecule has 0 atom stereocenters. The number of rotatable bonds is 2. The molecule has 0 amide bonds. The van der Waals surface area contributed by atoms with Crippen LogP contribution >= 0.6 is 0 Å². The Morgan fingerprint density at radius 3 is 2.43 bits per heavy atom. The van der Waals surface area contributed by atoms with Crippen molar-refractivity contribution in [1.29, 1.82) is 0 Å². The zero-order valence-electron chi connectivity index (χ0n) is 4.57. The molecule has 0 saturated carbocycles. The maximum atomic E-state index is 3.67. The van der Waals surface area contributed by atoms with Gasteiger partial charge in [0.15, 0.2) is 0 Å². The normalized spacial score (nSPS) is 8.14. The zero-order valence-corrected chi connectivity index (χ0v) is 4.57. The topological polar surface area (TPSA) is 12.4 Å². The second kappa shape index (κ2) is 9.13. The van der Waals surface area contributed by atoms with Gasteiger partial charge in [-0.2, -0.15) is 6.92 Å². The van der Waals surface area contributed by atoms with Crippen LogP contribution in [0.1, 0.15) is 6.92 Å². The van der Waals surface area contributed by atoms with Crippen LogP contribution in [0.2, 0.25) is 0 Å². The smallest absolute Gasteiger partial charge is 0.532 e. The molecule has 0 aliphatic heterocycles. The molecule has 0 aromatic rings. The molecule has 0 heterocycles. The van der Waals surface area contributed by atoms with Crippen molar-refractivity contribution >= 4 is 16.3 Å². The van der Waals surface area contributed by atoms with E-state index in [9.17, 15) is 0 Å². The van der Waals surface area contributed by atoms with Gasteiger partial charge in [0, 0.05) is 0 Å². The minimum Gasteiger partial charge on any atom is -0.532 e. The molecule has 7 heavy (non-hydrogen) atoms. The van der Waals surface area contributed by atoms with E-state index in [2.05, 4.69) is 23.9 Å². The van der Waals surface area contributed by atoms with Gasteiger partial charge in [-0.25, -0.2) is 0 Å². The Kier molecular flexibility index (Phi) is 12.7. The van der Waals surface area contributed by atoms with E-state index in [4.69, 9.17) is 0 Å². The minimum atomic E-state index is 0. The summed E-state index contributed by atoms with van der Waals surface area (Å²) < 4.78 is 0. The molecule has 0 radical (unpaired) electrons. The number of hydrogen-bond acceptors (Lipinski definition) is 1. The molecule has 0 aliphatic rings. The standard InChI is InChI=1S/C5H7N.Be/c1-3-5-6-4-2;/h1,5H2,2H3;/q-2;+2. The SMILES string of the molecule is C=[C-]CN=[C-]C.[Be+2]. The first-order valence-electron chi connectivity index (χ1n) is 1.75. The third kappa shape index (κ3) is 10.7. The molecule has 0 aliphatic carbocycles. The van der Waals surface area contributed by atoms with Crippen molar-refractivity contribution < 1.29 is 0 Å². The van der Waals surface area contributed by atoms with Gasteiger partial charge in [0.05, 0.1) is 0 Å². The summed E-state index contributed by atoms with van der Waals surface area (Å²) in [6.45, 7) is 5.65. The van der Waals surface area contributed by atoms with E-state index >= 15 is 0 Å². The van der Waals surface area contributed by atoms with Gasteiger partial charge in [-0.15, -0.1) is 6.54 Å². The number of nitrogens with zero attached hydrogens (tertiary/aromatic N) is 1. The summed E-state index contributed by atoms with van der Waals surface area (Å²) in [7, 11) is 0. The van der Waals surface area contributed by atoms with Crippen molar-refractivity contribution in [2.45, 2.75) is 6.92 Å². The minimum absolute atomic E-state index is 0. The molecule has 2 heteroatoms. The van der Waals surface area contributed by atoms with Crippen molar-refractivity contribution in [3.05, 3.63) is 12.7 Å². The van der Waals surface area contributed by atoms with Crippen LogP contribution in [0.4, 0.5) is 0 Å². The molecule has 34 valence electrons. The third-order valence-corrected chi connectivity index (χ3v) is 0.349. The average molecular weight is 90.1 g/mol. The summed E-state index contributed by atoms with van der Waals surface area (Å²) in [5.41, 5.74) is 0. The Hall–Kier alpha value is -0.421. The van der Waals surface area contributed by atoms with Crippen LogP contribution in [0.3, 0.4) is 0 Å². The molecule has 0 aromatic heterocycles. The Morgan fingerprint density at radius 2 is 2.29 bits per heavy atom. The van der Waals surface area contributed by atoms with Gasteiger partial charge in [-0.3, -0.25) is 6.58 Å². The maximum Gasteiger partial charge on any atom is 2.00 e. The summed E-state index contributed by atoms with van der Waals surface area (Å²) in [6, 6.07) is 0. The van der Waals surface area contributed by atoms with Crippen LogP contribution in [0.15, 0.2) is 11.6 Å². The first-order chi connectivity index (χ1) is 2.91. The summed E-state index contributed by atoms with van der Waals surface area (Å²) in [5, 5.41) is 0.